The van der Waals surface area contributed by atoms with Crippen molar-refractivity contribution in [3.8, 4) is 6.07 Å². The Kier molecular flexibility index (Phi) is 6.82. The van der Waals surface area contributed by atoms with Gasteiger partial charge in [-0.15, -0.1) is 0 Å². The predicted octanol–water partition coefficient (Wildman–Crippen LogP) is 3.25. The summed E-state index contributed by atoms with van der Waals surface area (Å²) < 4.78 is 5.34. The van der Waals surface area contributed by atoms with Gasteiger partial charge in [0.25, 0.3) is 11.6 Å². The second-order valence-electron chi connectivity index (χ2n) is 7.23. The van der Waals surface area contributed by atoms with Crippen LogP contribution in [0.3, 0.4) is 0 Å². The van der Waals surface area contributed by atoms with E-state index in [1.807, 2.05) is 11.0 Å². The van der Waals surface area contributed by atoms with Crippen molar-refractivity contribution in [3.05, 3.63) is 64.2 Å². The van der Waals surface area contributed by atoms with Crippen molar-refractivity contribution in [2.24, 2.45) is 5.92 Å². The molecule has 9 nitrogen and oxygen atoms in total. The monoisotopic (exact) mass is 422 g/mol. The fourth-order valence-corrected chi connectivity index (χ4v) is 3.49. The first kappa shape index (κ1) is 21.8. The Hall–Kier alpha value is -3.93. The molecule has 2 aromatic carbocycles. The third-order valence-electron chi connectivity index (χ3n) is 5.21. The molecule has 1 heterocycles. The molecule has 1 atom stereocenters. The minimum Gasteiger partial charge on any atom is -0.452 e. The highest BCUT2D eigenvalue weighted by molar-refractivity contribution is 5.96. The molecule has 3 rings (SSSR count). The smallest absolute Gasteiger partial charge is 0.309 e. The topological polar surface area (TPSA) is 126 Å². The molecule has 1 saturated heterocycles. The molecule has 0 radical (unpaired) electrons. The SMILES string of the molecule is CC(OC(=O)C1CCN(c2ccccc2[N+](=O)[O-])CC1)C(=O)Nc1ccccc1C#N. The predicted molar refractivity (Wildman–Crippen MR) is 113 cm³/mol. The normalized spacial score (nSPS) is 14.9. The van der Waals surface area contributed by atoms with Crippen LogP contribution in [-0.2, 0) is 14.3 Å². The summed E-state index contributed by atoms with van der Waals surface area (Å²) in [5.74, 6) is -1.38. The van der Waals surface area contributed by atoms with Gasteiger partial charge in [-0.25, -0.2) is 0 Å². The van der Waals surface area contributed by atoms with Gasteiger partial charge in [-0.2, -0.15) is 5.26 Å². The molecule has 1 N–H and O–H groups in total. The van der Waals surface area contributed by atoms with E-state index in [1.165, 1.54) is 13.0 Å². The summed E-state index contributed by atoms with van der Waals surface area (Å²) >= 11 is 0. The highest BCUT2D eigenvalue weighted by Gasteiger charge is 2.31. The van der Waals surface area contributed by atoms with Crippen LogP contribution >= 0.6 is 0 Å². The number of carbonyl (C=O) groups is 2. The van der Waals surface area contributed by atoms with Gasteiger partial charge in [-0.05, 0) is 38.0 Å². The Labute approximate surface area is 179 Å². The van der Waals surface area contributed by atoms with Crippen molar-refractivity contribution in [3.63, 3.8) is 0 Å². The number of rotatable bonds is 6. The molecule has 0 spiro atoms. The zero-order chi connectivity index (χ0) is 22.4. The summed E-state index contributed by atoms with van der Waals surface area (Å²) in [6, 6.07) is 15.1. The molecule has 0 saturated carbocycles. The molecule has 1 fully saturated rings. The number of nitrogens with one attached hydrogen (secondary N) is 1. The third kappa shape index (κ3) is 5.17. The summed E-state index contributed by atoms with van der Waals surface area (Å²) in [6.45, 7) is 2.42. The number of piperidine rings is 1. The molecule has 9 heteroatoms. The molecule has 1 unspecified atom stereocenters. The number of benzene rings is 2. The quantitative estimate of drug-likeness (QED) is 0.430. The third-order valence-corrected chi connectivity index (χ3v) is 5.21. The first-order valence-electron chi connectivity index (χ1n) is 9.89. The number of para-hydroxylation sites is 3. The van der Waals surface area contributed by atoms with Crippen molar-refractivity contribution >= 4 is 28.9 Å². The van der Waals surface area contributed by atoms with Gasteiger partial charge < -0.3 is 15.0 Å². The fourth-order valence-electron chi connectivity index (χ4n) is 3.49. The molecule has 1 amide bonds. The van der Waals surface area contributed by atoms with Crippen molar-refractivity contribution in [2.45, 2.75) is 25.9 Å². The number of nitro benzene ring substituents is 1. The van der Waals surface area contributed by atoms with Crippen LogP contribution in [-0.4, -0.2) is 36.0 Å². The first-order chi connectivity index (χ1) is 14.9. The maximum atomic E-state index is 12.5. The largest absolute Gasteiger partial charge is 0.452 e. The lowest BCUT2D eigenvalue weighted by Crippen LogP contribution is -2.39. The average Bonchev–Trinajstić information content (AvgIpc) is 2.79. The van der Waals surface area contributed by atoms with Crippen LogP contribution < -0.4 is 10.2 Å². The van der Waals surface area contributed by atoms with Crippen LogP contribution in [0.5, 0.6) is 0 Å². The minimum absolute atomic E-state index is 0.0338. The maximum Gasteiger partial charge on any atom is 0.309 e. The van der Waals surface area contributed by atoms with Crippen LogP contribution in [0.2, 0.25) is 0 Å². The number of nitriles is 1. The molecule has 0 aromatic heterocycles. The number of esters is 1. The van der Waals surface area contributed by atoms with Crippen molar-refractivity contribution in [2.75, 3.05) is 23.3 Å². The van der Waals surface area contributed by atoms with Crippen LogP contribution in [0.25, 0.3) is 0 Å². The molecule has 0 bridgehead atoms. The Balaban J connectivity index is 1.55. The van der Waals surface area contributed by atoms with Gasteiger partial charge in [0.15, 0.2) is 6.10 Å². The van der Waals surface area contributed by atoms with Crippen LogP contribution in [0, 0.1) is 27.4 Å². The minimum atomic E-state index is -1.02. The second kappa shape index (κ2) is 9.71. The van der Waals surface area contributed by atoms with E-state index in [2.05, 4.69) is 5.32 Å². The van der Waals surface area contributed by atoms with Crippen molar-refractivity contribution < 1.29 is 19.2 Å². The summed E-state index contributed by atoms with van der Waals surface area (Å²) in [5.41, 5.74) is 1.24. The van der Waals surface area contributed by atoms with E-state index in [0.29, 0.717) is 42.9 Å². The Morgan fingerprint density at radius 1 is 1.19 bits per heavy atom. The van der Waals surface area contributed by atoms with E-state index >= 15 is 0 Å². The number of nitro groups is 1. The van der Waals surface area contributed by atoms with Crippen molar-refractivity contribution in [1.29, 1.82) is 5.26 Å². The van der Waals surface area contributed by atoms with Crippen LogP contribution in [0.1, 0.15) is 25.3 Å². The van der Waals surface area contributed by atoms with Crippen LogP contribution in [0.4, 0.5) is 17.1 Å². The van der Waals surface area contributed by atoms with E-state index in [1.54, 1.807) is 42.5 Å². The van der Waals surface area contributed by atoms with E-state index in [9.17, 15) is 19.7 Å². The number of anilines is 2. The highest BCUT2D eigenvalue weighted by Crippen LogP contribution is 2.31. The molecule has 0 aliphatic carbocycles. The van der Waals surface area contributed by atoms with Gasteiger partial charge >= 0.3 is 5.97 Å². The number of hydrogen-bond donors (Lipinski definition) is 1. The zero-order valence-corrected chi connectivity index (χ0v) is 17.0. The van der Waals surface area contributed by atoms with E-state index in [0.717, 1.165) is 0 Å². The molecule has 2 aromatic rings. The molecule has 160 valence electrons. The summed E-state index contributed by atoms with van der Waals surface area (Å²) in [7, 11) is 0. The zero-order valence-electron chi connectivity index (χ0n) is 17.0. The number of ether oxygens (including phenoxy) is 1. The lowest BCUT2D eigenvalue weighted by Gasteiger charge is -2.32. The molecular weight excluding hydrogens is 400 g/mol. The van der Waals surface area contributed by atoms with Gasteiger partial charge in [-0.1, -0.05) is 24.3 Å². The Bertz CT molecular complexity index is 1020. The standard InChI is InChI=1S/C22H22N4O5/c1-15(21(27)24-18-7-3-2-6-17(18)14-23)31-22(28)16-10-12-25(13-11-16)19-8-4-5-9-20(19)26(29)30/h2-9,15-16H,10-13H2,1H3,(H,24,27). The number of hydrogen-bond acceptors (Lipinski definition) is 7. The van der Waals surface area contributed by atoms with Gasteiger partial charge in [-0.3, -0.25) is 19.7 Å². The van der Waals surface area contributed by atoms with Gasteiger partial charge in [0.2, 0.25) is 0 Å². The lowest BCUT2D eigenvalue weighted by molar-refractivity contribution is -0.384. The van der Waals surface area contributed by atoms with E-state index < -0.39 is 22.9 Å². The van der Waals surface area contributed by atoms with Gasteiger partial charge in [0.05, 0.1) is 22.1 Å². The van der Waals surface area contributed by atoms with Gasteiger partial charge in [0, 0.05) is 19.2 Å². The summed E-state index contributed by atoms with van der Waals surface area (Å²) in [4.78, 5) is 37.6. The average molecular weight is 422 g/mol. The van der Waals surface area contributed by atoms with Crippen molar-refractivity contribution in [1.82, 2.24) is 0 Å². The molecule has 31 heavy (non-hydrogen) atoms. The Morgan fingerprint density at radius 2 is 1.84 bits per heavy atom. The first-order valence-corrected chi connectivity index (χ1v) is 9.89. The number of carbonyl (C=O) groups excluding carboxylic acids is 2. The molecule has 1 aliphatic heterocycles. The summed E-state index contributed by atoms with van der Waals surface area (Å²) in [6.07, 6.45) is -0.0834. The molecular formula is C22H22N4O5. The Morgan fingerprint density at radius 3 is 2.52 bits per heavy atom. The van der Waals surface area contributed by atoms with Gasteiger partial charge in [0.1, 0.15) is 11.8 Å². The number of amides is 1. The van der Waals surface area contributed by atoms with E-state index in [-0.39, 0.29) is 11.6 Å². The number of nitrogens with zero attached hydrogens (tertiary/aromatic N) is 3. The van der Waals surface area contributed by atoms with Crippen LogP contribution in [0.15, 0.2) is 48.5 Å². The lowest BCUT2D eigenvalue weighted by atomic mass is 9.96. The second-order valence-corrected chi connectivity index (χ2v) is 7.23. The molecule has 1 aliphatic rings. The fraction of sp³-hybridized carbons (Fsp3) is 0.318. The summed E-state index contributed by atoms with van der Waals surface area (Å²) in [5, 5.41) is 23.0. The van der Waals surface area contributed by atoms with E-state index in [4.69, 9.17) is 10.00 Å². The highest BCUT2D eigenvalue weighted by atomic mass is 16.6. The maximum absolute atomic E-state index is 12.5.